The third-order valence-electron chi connectivity index (χ3n) is 4.51. The number of benzene rings is 2. The predicted octanol–water partition coefficient (Wildman–Crippen LogP) is 2.79. The van der Waals surface area contributed by atoms with Crippen LogP contribution in [0.5, 0.6) is 0 Å². The Bertz CT molecular complexity index is 767. The van der Waals surface area contributed by atoms with E-state index in [4.69, 9.17) is 10.5 Å². The first-order chi connectivity index (χ1) is 12.2. The van der Waals surface area contributed by atoms with Crippen molar-refractivity contribution in [1.82, 2.24) is 0 Å². The van der Waals surface area contributed by atoms with Crippen molar-refractivity contribution >= 4 is 12.0 Å². The monoisotopic (exact) mass is 336 g/mol. The Morgan fingerprint density at radius 2 is 1.72 bits per heavy atom. The van der Waals surface area contributed by atoms with Gasteiger partial charge in [0.15, 0.2) is 0 Å². The lowest BCUT2D eigenvalue weighted by Crippen LogP contribution is -2.33. The average molecular weight is 336 g/mol. The van der Waals surface area contributed by atoms with Gasteiger partial charge in [0.2, 0.25) is 6.08 Å². The molecule has 2 N–H and O–H groups in total. The van der Waals surface area contributed by atoms with Crippen molar-refractivity contribution in [3.63, 3.8) is 0 Å². The second kappa shape index (κ2) is 7.88. The lowest BCUT2D eigenvalue weighted by atomic mass is 9.98. The van der Waals surface area contributed by atoms with Crippen molar-refractivity contribution in [1.29, 1.82) is 0 Å². The van der Waals surface area contributed by atoms with Gasteiger partial charge in [-0.25, -0.2) is 9.79 Å². The first-order valence-electron chi connectivity index (χ1n) is 8.36. The molecule has 2 aromatic rings. The number of rotatable bonds is 7. The second-order valence-electron chi connectivity index (χ2n) is 6.08. The maximum atomic E-state index is 12.1. The number of isocyanates is 1. The van der Waals surface area contributed by atoms with Gasteiger partial charge in [0.05, 0.1) is 6.54 Å². The minimum absolute atomic E-state index is 0.0308. The Morgan fingerprint density at radius 1 is 1.12 bits per heavy atom. The summed E-state index contributed by atoms with van der Waals surface area (Å²) in [5.74, 6) is -0.389. The molecule has 0 saturated heterocycles. The Labute approximate surface area is 146 Å². The van der Waals surface area contributed by atoms with E-state index in [1.54, 1.807) is 0 Å². The number of esters is 1. The van der Waals surface area contributed by atoms with Crippen LogP contribution in [0.25, 0.3) is 11.1 Å². The fourth-order valence-corrected chi connectivity index (χ4v) is 3.27. The highest BCUT2D eigenvalue weighted by atomic mass is 16.5. The van der Waals surface area contributed by atoms with Gasteiger partial charge in [-0.2, -0.15) is 0 Å². The smallest absolute Gasteiger partial charge is 0.322 e. The highest BCUT2D eigenvalue weighted by Gasteiger charge is 2.29. The van der Waals surface area contributed by atoms with Crippen molar-refractivity contribution in [3.8, 4) is 11.1 Å². The zero-order valence-corrected chi connectivity index (χ0v) is 13.9. The minimum Gasteiger partial charge on any atom is -0.464 e. The van der Waals surface area contributed by atoms with Crippen LogP contribution in [-0.2, 0) is 14.3 Å². The number of fused-ring (bicyclic) bond motifs is 3. The first kappa shape index (κ1) is 17.1. The van der Waals surface area contributed by atoms with Gasteiger partial charge in [-0.1, -0.05) is 48.5 Å². The number of hydrogen-bond acceptors (Lipinski definition) is 5. The normalized spacial score (nSPS) is 13.5. The Morgan fingerprint density at radius 3 is 2.32 bits per heavy atom. The van der Waals surface area contributed by atoms with Gasteiger partial charge in [-0.05, 0) is 35.1 Å². The van der Waals surface area contributed by atoms with E-state index in [9.17, 15) is 9.59 Å². The topological polar surface area (TPSA) is 81.8 Å². The molecule has 1 unspecified atom stereocenters. The lowest BCUT2D eigenvalue weighted by Gasteiger charge is -2.16. The Hall–Kier alpha value is -2.75. The summed E-state index contributed by atoms with van der Waals surface area (Å²) in [5.41, 5.74) is 10.6. The van der Waals surface area contributed by atoms with E-state index in [1.807, 2.05) is 24.3 Å². The maximum absolute atomic E-state index is 12.1. The zero-order valence-electron chi connectivity index (χ0n) is 13.9. The molecule has 0 spiro atoms. The Kier molecular flexibility index (Phi) is 5.39. The molecule has 0 aromatic heterocycles. The molecule has 0 fully saturated rings. The van der Waals surface area contributed by atoms with Crippen molar-refractivity contribution in [3.05, 3.63) is 59.7 Å². The van der Waals surface area contributed by atoms with Gasteiger partial charge in [0, 0.05) is 5.92 Å². The summed E-state index contributed by atoms with van der Waals surface area (Å²) >= 11 is 0. The summed E-state index contributed by atoms with van der Waals surface area (Å²) in [4.78, 5) is 25.6. The number of nitrogens with zero attached hydrogens (tertiary/aromatic N) is 1. The van der Waals surface area contributed by atoms with Gasteiger partial charge in [-0.15, -0.1) is 0 Å². The minimum atomic E-state index is -0.700. The van der Waals surface area contributed by atoms with Gasteiger partial charge >= 0.3 is 5.97 Å². The van der Waals surface area contributed by atoms with Crippen LogP contribution in [0.15, 0.2) is 53.5 Å². The van der Waals surface area contributed by atoms with E-state index in [-0.39, 0.29) is 12.5 Å². The van der Waals surface area contributed by atoms with Gasteiger partial charge in [0.25, 0.3) is 0 Å². The number of ether oxygens (including phenoxy) is 1. The third-order valence-corrected chi connectivity index (χ3v) is 4.51. The highest BCUT2D eigenvalue weighted by Crippen LogP contribution is 2.44. The predicted molar refractivity (Wildman–Crippen MR) is 94.9 cm³/mol. The number of aliphatic imine (C=N–C) groups is 1. The zero-order chi connectivity index (χ0) is 17.6. The van der Waals surface area contributed by atoms with Crippen LogP contribution in [0.2, 0.25) is 0 Å². The molecule has 1 aliphatic carbocycles. The molecule has 0 amide bonds. The van der Waals surface area contributed by atoms with Crippen LogP contribution in [-0.4, -0.2) is 31.2 Å². The third kappa shape index (κ3) is 3.68. The van der Waals surface area contributed by atoms with Crippen molar-refractivity contribution in [2.24, 2.45) is 10.7 Å². The van der Waals surface area contributed by atoms with E-state index in [0.29, 0.717) is 19.4 Å². The van der Waals surface area contributed by atoms with Gasteiger partial charge in [0.1, 0.15) is 12.6 Å². The quantitative estimate of drug-likeness (QED) is 0.365. The first-order valence-corrected chi connectivity index (χ1v) is 8.36. The summed E-state index contributed by atoms with van der Waals surface area (Å²) < 4.78 is 5.49. The number of hydrogen-bond donors (Lipinski definition) is 1. The fraction of sp³-hybridized carbons (Fsp3) is 0.300. The number of carbonyl (C=O) groups excluding carboxylic acids is 2. The van der Waals surface area contributed by atoms with Crippen molar-refractivity contribution < 1.29 is 14.3 Å². The van der Waals surface area contributed by atoms with Crippen LogP contribution >= 0.6 is 0 Å². The number of nitrogens with two attached hydrogens (primary N) is 1. The summed E-state index contributed by atoms with van der Waals surface area (Å²) in [6.07, 6.45) is 2.46. The molecule has 0 radical (unpaired) electrons. The molecule has 3 rings (SSSR count). The molecule has 2 aromatic carbocycles. The van der Waals surface area contributed by atoms with Crippen molar-refractivity contribution in [2.75, 3.05) is 13.2 Å². The van der Waals surface area contributed by atoms with E-state index < -0.39 is 12.0 Å². The second-order valence-corrected chi connectivity index (χ2v) is 6.08. The molecule has 5 nitrogen and oxygen atoms in total. The number of carbonyl (C=O) groups is 1. The van der Waals surface area contributed by atoms with E-state index in [2.05, 4.69) is 29.3 Å². The molecule has 25 heavy (non-hydrogen) atoms. The largest absolute Gasteiger partial charge is 0.464 e. The summed E-state index contributed by atoms with van der Waals surface area (Å²) in [5, 5.41) is 0. The van der Waals surface area contributed by atoms with Gasteiger partial charge in [-0.3, -0.25) is 4.79 Å². The SMILES string of the molecule is NC(CCCN=C=O)C(=O)OCC1c2ccccc2-c2ccccc21. The summed E-state index contributed by atoms with van der Waals surface area (Å²) in [6.45, 7) is 0.598. The van der Waals surface area contributed by atoms with E-state index in [1.165, 1.54) is 28.3 Å². The molecule has 0 bridgehead atoms. The lowest BCUT2D eigenvalue weighted by molar-refractivity contribution is -0.145. The van der Waals surface area contributed by atoms with Crippen molar-refractivity contribution in [2.45, 2.75) is 24.8 Å². The van der Waals surface area contributed by atoms with E-state index in [0.717, 1.165) is 0 Å². The molecular weight excluding hydrogens is 316 g/mol. The average Bonchev–Trinajstić information content (AvgIpc) is 2.97. The molecule has 1 atom stereocenters. The molecule has 1 aliphatic rings. The molecular formula is C20H20N2O3. The molecule has 0 heterocycles. The maximum Gasteiger partial charge on any atom is 0.322 e. The van der Waals surface area contributed by atoms with Gasteiger partial charge < -0.3 is 10.5 Å². The standard InChI is InChI=1S/C20H20N2O3/c21-19(10-5-11-22-13-23)20(24)25-12-18-16-8-3-1-6-14(16)15-7-2-4-9-17(15)18/h1-4,6-9,18-19H,5,10-12,21H2. The van der Waals surface area contributed by atoms with Crippen LogP contribution in [0.3, 0.4) is 0 Å². The Balaban J connectivity index is 1.65. The molecule has 5 heteroatoms. The van der Waals surface area contributed by atoms with Crippen LogP contribution in [0.1, 0.15) is 29.9 Å². The molecule has 0 aliphatic heterocycles. The molecule has 0 saturated carbocycles. The van der Waals surface area contributed by atoms with Crippen LogP contribution < -0.4 is 5.73 Å². The van der Waals surface area contributed by atoms with E-state index >= 15 is 0 Å². The fourth-order valence-electron chi connectivity index (χ4n) is 3.27. The molecule has 128 valence electrons. The summed E-state index contributed by atoms with van der Waals surface area (Å²) in [6, 6.07) is 15.7. The summed E-state index contributed by atoms with van der Waals surface area (Å²) in [7, 11) is 0. The van der Waals surface area contributed by atoms with Crippen LogP contribution in [0.4, 0.5) is 0 Å². The van der Waals surface area contributed by atoms with Crippen LogP contribution in [0, 0.1) is 0 Å². The highest BCUT2D eigenvalue weighted by molar-refractivity contribution is 5.79.